The third-order valence-corrected chi connectivity index (χ3v) is 2.00. The van der Waals surface area contributed by atoms with Crippen LogP contribution in [0.25, 0.3) is 0 Å². The van der Waals surface area contributed by atoms with Gasteiger partial charge < -0.3 is 10.1 Å². The molecule has 0 aliphatic rings. The molecule has 0 fully saturated rings. The van der Waals surface area contributed by atoms with Gasteiger partial charge in [-0.05, 0) is 6.92 Å². The molecule has 0 amide bonds. The predicted molar refractivity (Wildman–Crippen MR) is 50.1 cm³/mol. The molecule has 0 aliphatic carbocycles. The lowest BCUT2D eigenvalue weighted by molar-refractivity contribution is -0.128. The highest BCUT2D eigenvalue weighted by molar-refractivity contribution is 5.17. The zero-order valence-electron chi connectivity index (χ0n) is 8.56. The van der Waals surface area contributed by atoms with Gasteiger partial charge in [0.1, 0.15) is 12.2 Å². The maximum absolute atomic E-state index is 12.1. The van der Waals surface area contributed by atoms with Crippen molar-refractivity contribution in [3.63, 3.8) is 0 Å². The van der Waals surface area contributed by atoms with E-state index < -0.39 is 24.0 Å². The van der Waals surface area contributed by atoms with E-state index in [4.69, 9.17) is 5.11 Å². The number of rotatable bonds is 3. The second-order valence-corrected chi connectivity index (χ2v) is 3.34. The summed E-state index contributed by atoms with van der Waals surface area (Å²) in [6.45, 7) is 1.20. The van der Waals surface area contributed by atoms with Gasteiger partial charge in [0, 0.05) is 24.3 Å². The zero-order valence-corrected chi connectivity index (χ0v) is 8.56. The van der Waals surface area contributed by atoms with Crippen LogP contribution in [0.1, 0.15) is 17.1 Å². The third kappa shape index (κ3) is 3.34. The smallest absolute Gasteiger partial charge is 0.396 e. The van der Waals surface area contributed by atoms with Crippen molar-refractivity contribution in [1.29, 1.82) is 0 Å². The van der Waals surface area contributed by atoms with Gasteiger partial charge in [0.2, 0.25) is 0 Å². The number of halogens is 3. The van der Waals surface area contributed by atoms with E-state index in [1.54, 1.807) is 0 Å². The van der Waals surface area contributed by atoms with Gasteiger partial charge in [0.05, 0.1) is 0 Å². The van der Waals surface area contributed by atoms with Crippen LogP contribution in [-0.2, 0) is 12.8 Å². The fraction of sp³-hybridized carbons (Fsp3) is 0.556. The number of hydrogen-bond donors (Lipinski definition) is 2. The highest BCUT2D eigenvalue weighted by atomic mass is 19.4. The van der Waals surface area contributed by atoms with Crippen LogP contribution >= 0.6 is 0 Å². The molecule has 90 valence electrons. The zero-order chi connectivity index (χ0) is 12.3. The number of aromatic amines is 1. The van der Waals surface area contributed by atoms with Crippen LogP contribution in [0, 0.1) is 6.92 Å². The van der Waals surface area contributed by atoms with Crippen LogP contribution in [0.5, 0.6) is 0 Å². The number of alkyl halides is 3. The highest BCUT2D eigenvalue weighted by Crippen LogP contribution is 2.18. The SMILES string of the molecule is Cc1nc(CC(F)(F)F)[nH]c(=O)c1CCO. The second-order valence-electron chi connectivity index (χ2n) is 3.34. The van der Waals surface area contributed by atoms with Crippen molar-refractivity contribution in [3.8, 4) is 0 Å². The van der Waals surface area contributed by atoms with E-state index in [0.717, 1.165) is 0 Å². The van der Waals surface area contributed by atoms with Crippen LogP contribution in [-0.4, -0.2) is 27.9 Å². The second kappa shape index (κ2) is 4.65. The molecule has 0 saturated heterocycles. The summed E-state index contributed by atoms with van der Waals surface area (Å²) in [6.07, 6.45) is -5.58. The summed E-state index contributed by atoms with van der Waals surface area (Å²) in [6, 6.07) is 0. The molecule has 1 aromatic rings. The van der Waals surface area contributed by atoms with Crippen molar-refractivity contribution in [3.05, 3.63) is 27.4 Å². The first kappa shape index (κ1) is 12.7. The molecule has 0 spiro atoms. The fourth-order valence-electron chi connectivity index (χ4n) is 1.35. The number of nitrogens with one attached hydrogen (secondary N) is 1. The largest absolute Gasteiger partial charge is 0.396 e. The standard InChI is InChI=1S/C9H11F3N2O2/c1-5-6(2-3-15)8(16)14-7(13-5)4-9(10,11)12/h15H,2-4H2,1H3,(H,13,14,16). The number of aryl methyl sites for hydroxylation is 1. The third-order valence-electron chi connectivity index (χ3n) is 2.00. The number of aromatic nitrogens is 2. The van der Waals surface area contributed by atoms with Crippen LogP contribution in [0.4, 0.5) is 13.2 Å². The van der Waals surface area contributed by atoms with Crippen molar-refractivity contribution in [1.82, 2.24) is 9.97 Å². The Balaban J connectivity index is 3.05. The van der Waals surface area contributed by atoms with E-state index in [9.17, 15) is 18.0 Å². The summed E-state index contributed by atoms with van der Waals surface area (Å²) in [7, 11) is 0. The predicted octanol–water partition coefficient (Wildman–Crippen LogP) is 0.718. The quantitative estimate of drug-likeness (QED) is 0.812. The van der Waals surface area contributed by atoms with Crippen molar-refractivity contribution in [2.75, 3.05) is 6.61 Å². The van der Waals surface area contributed by atoms with Crippen molar-refractivity contribution < 1.29 is 18.3 Å². The lowest BCUT2D eigenvalue weighted by atomic mass is 10.2. The molecule has 0 saturated carbocycles. The molecule has 0 aromatic carbocycles. The Bertz CT molecular complexity index is 426. The van der Waals surface area contributed by atoms with E-state index >= 15 is 0 Å². The monoisotopic (exact) mass is 236 g/mol. The molecule has 0 unspecified atom stereocenters. The van der Waals surface area contributed by atoms with Gasteiger partial charge in [0.15, 0.2) is 0 Å². The van der Waals surface area contributed by atoms with Crippen molar-refractivity contribution in [2.24, 2.45) is 0 Å². The lowest BCUT2D eigenvalue weighted by Gasteiger charge is -2.08. The van der Waals surface area contributed by atoms with Crippen LogP contribution in [0.2, 0.25) is 0 Å². The van der Waals surface area contributed by atoms with E-state index in [0.29, 0.717) is 0 Å². The molecule has 4 nitrogen and oxygen atoms in total. The number of aliphatic hydroxyl groups is 1. The minimum absolute atomic E-state index is 0.0838. The van der Waals surface area contributed by atoms with E-state index in [-0.39, 0.29) is 24.3 Å². The van der Waals surface area contributed by atoms with Gasteiger partial charge in [-0.25, -0.2) is 4.98 Å². The van der Waals surface area contributed by atoms with E-state index in [2.05, 4.69) is 9.97 Å². The lowest BCUT2D eigenvalue weighted by Crippen LogP contribution is -2.23. The van der Waals surface area contributed by atoms with Crippen LogP contribution in [0.15, 0.2) is 4.79 Å². The Morgan fingerprint density at radius 2 is 2.06 bits per heavy atom. The first-order valence-electron chi connectivity index (χ1n) is 4.60. The Labute approximate surface area is 89.1 Å². The Hall–Kier alpha value is -1.37. The fourth-order valence-corrected chi connectivity index (χ4v) is 1.35. The molecular weight excluding hydrogens is 225 g/mol. The molecule has 7 heteroatoms. The van der Waals surface area contributed by atoms with Crippen LogP contribution in [0.3, 0.4) is 0 Å². The molecule has 1 heterocycles. The molecule has 2 N–H and O–H groups in total. The molecular formula is C9H11F3N2O2. The Morgan fingerprint density at radius 1 is 1.44 bits per heavy atom. The molecule has 1 aromatic heterocycles. The summed E-state index contributed by atoms with van der Waals surface area (Å²) in [5.41, 5.74) is -0.189. The van der Waals surface area contributed by atoms with Crippen molar-refractivity contribution in [2.45, 2.75) is 25.9 Å². The molecule has 16 heavy (non-hydrogen) atoms. The van der Waals surface area contributed by atoms with Crippen LogP contribution < -0.4 is 5.56 Å². The molecule has 0 atom stereocenters. The average molecular weight is 236 g/mol. The first-order chi connectivity index (χ1) is 7.33. The minimum atomic E-state index is -4.40. The summed E-state index contributed by atoms with van der Waals surface area (Å²) in [5.74, 6) is -0.406. The minimum Gasteiger partial charge on any atom is -0.396 e. The van der Waals surface area contributed by atoms with Gasteiger partial charge in [-0.3, -0.25) is 4.79 Å². The molecule has 0 aliphatic heterocycles. The van der Waals surface area contributed by atoms with Gasteiger partial charge in [-0.2, -0.15) is 13.2 Å². The number of aliphatic hydroxyl groups excluding tert-OH is 1. The average Bonchev–Trinajstić information content (AvgIpc) is 2.08. The van der Waals surface area contributed by atoms with Gasteiger partial charge in [-0.15, -0.1) is 0 Å². The topological polar surface area (TPSA) is 66.0 Å². The molecule has 1 rings (SSSR count). The normalized spacial score (nSPS) is 11.8. The van der Waals surface area contributed by atoms with E-state index in [1.165, 1.54) is 6.92 Å². The Kier molecular flexibility index (Phi) is 3.69. The molecule has 0 radical (unpaired) electrons. The molecule has 0 bridgehead atoms. The maximum Gasteiger partial charge on any atom is 0.396 e. The number of nitrogens with zero attached hydrogens (tertiary/aromatic N) is 1. The summed E-state index contributed by atoms with van der Waals surface area (Å²) in [4.78, 5) is 17.1. The summed E-state index contributed by atoms with van der Waals surface area (Å²) in [5, 5.41) is 8.66. The van der Waals surface area contributed by atoms with Crippen molar-refractivity contribution >= 4 is 0 Å². The van der Waals surface area contributed by atoms with Gasteiger partial charge in [0.25, 0.3) is 5.56 Å². The number of H-pyrrole nitrogens is 1. The van der Waals surface area contributed by atoms with Gasteiger partial charge in [-0.1, -0.05) is 0 Å². The highest BCUT2D eigenvalue weighted by Gasteiger charge is 2.29. The summed E-state index contributed by atoms with van der Waals surface area (Å²) >= 11 is 0. The van der Waals surface area contributed by atoms with E-state index in [1.807, 2.05) is 0 Å². The number of hydrogen-bond acceptors (Lipinski definition) is 3. The van der Waals surface area contributed by atoms with Gasteiger partial charge >= 0.3 is 6.18 Å². The first-order valence-corrected chi connectivity index (χ1v) is 4.60. The summed E-state index contributed by atoms with van der Waals surface area (Å²) < 4.78 is 36.2. The maximum atomic E-state index is 12.1. The Morgan fingerprint density at radius 3 is 2.50 bits per heavy atom.